The quantitative estimate of drug-likeness (QED) is 0.732. The highest BCUT2D eigenvalue weighted by atomic mass is 32.1. The first-order valence-corrected chi connectivity index (χ1v) is 8.04. The molecular weight excluding hydrogens is 320 g/mol. The van der Waals surface area contributed by atoms with Crippen molar-refractivity contribution in [2.45, 2.75) is 25.5 Å². The van der Waals surface area contributed by atoms with E-state index < -0.39 is 12.1 Å². The third-order valence-corrected chi connectivity index (χ3v) is 4.09. The number of oxazole rings is 1. The van der Waals surface area contributed by atoms with Crippen molar-refractivity contribution < 1.29 is 18.7 Å². The molecule has 2 aromatic rings. The van der Waals surface area contributed by atoms with Crippen molar-refractivity contribution >= 4 is 23.3 Å². The molecule has 0 aromatic carbocycles. The number of nitrogens with zero attached hydrogens (tertiary/aromatic N) is 1. The lowest BCUT2D eigenvalue weighted by Crippen LogP contribution is -2.49. The van der Waals surface area contributed by atoms with Gasteiger partial charge in [-0.2, -0.15) is 0 Å². The van der Waals surface area contributed by atoms with Crippen LogP contribution in [0.25, 0.3) is 10.8 Å². The third kappa shape index (κ3) is 4.08. The maximum Gasteiger partial charge on any atom is 0.333 e. The summed E-state index contributed by atoms with van der Waals surface area (Å²) in [5.41, 5.74) is 5.19. The van der Waals surface area contributed by atoms with Crippen molar-refractivity contribution in [1.82, 2.24) is 21.2 Å². The maximum atomic E-state index is 11.7. The zero-order chi connectivity index (χ0) is 16.1. The Morgan fingerprint density at radius 2 is 2.30 bits per heavy atom. The van der Waals surface area contributed by atoms with E-state index in [4.69, 9.17) is 9.15 Å². The minimum Gasteiger partial charge on any atom is -0.443 e. The number of nitrogens with one attached hydrogen (secondary N) is 3. The summed E-state index contributed by atoms with van der Waals surface area (Å²) in [6.45, 7) is 0.763. The normalized spacial score (nSPS) is 17.0. The second-order valence-electron chi connectivity index (χ2n) is 4.92. The highest BCUT2D eigenvalue weighted by Crippen LogP contribution is 2.23. The summed E-state index contributed by atoms with van der Waals surface area (Å²) < 4.78 is 10.6. The maximum absolute atomic E-state index is 11.7. The van der Waals surface area contributed by atoms with E-state index in [0.717, 1.165) is 11.3 Å². The van der Waals surface area contributed by atoms with Gasteiger partial charge < -0.3 is 14.5 Å². The minimum atomic E-state index is -0.531. The Morgan fingerprint density at radius 3 is 3.04 bits per heavy atom. The van der Waals surface area contributed by atoms with Crippen LogP contribution >= 0.6 is 11.3 Å². The SMILES string of the molecule is O=C(NCc1coc(-c2cccs2)n1)NNC(=O)C1CCCO1. The van der Waals surface area contributed by atoms with Gasteiger partial charge in [0.2, 0.25) is 5.89 Å². The number of rotatable bonds is 4. The number of aromatic nitrogens is 1. The largest absolute Gasteiger partial charge is 0.443 e. The van der Waals surface area contributed by atoms with Gasteiger partial charge in [0.05, 0.1) is 17.1 Å². The van der Waals surface area contributed by atoms with Crippen molar-refractivity contribution in [2.24, 2.45) is 0 Å². The molecule has 0 radical (unpaired) electrons. The number of carbonyl (C=O) groups is 2. The van der Waals surface area contributed by atoms with E-state index in [-0.39, 0.29) is 12.5 Å². The molecule has 2 aromatic heterocycles. The number of hydrazine groups is 1. The van der Waals surface area contributed by atoms with Crippen molar-refractivity contribution in [1.29, 1.82) is 0 Å². The molecule has 3 N–H and O–H groups in total. The molecule has 0 saturated carbocycles. The van der Waals surface area contributed by atoms with E-state index in [0.29, 0.717) is 24.6 Å². The Hall–Kier alpha value is -2.39. The first kappa shape index (κ1) is 15.5. The summed E-state index contributed by atoms with van der Waals surface area (Å²) in [6.07, 6.45) is 2.52. The molecule has 0 aliphatic carbocycles. The molecule has 1 atom stereocenters. The molecule has 1 aliphatic rings. The van der Waals surface area contributed by atoms with Crippen LogP contribution in [-0.4, -0.2) is 29.6 Å². The number of thiophene rings is 1. The molecule has 1 unspecified atom stereocenters. The fraction of sp³-hybridized carbons (Fsp3) is 0.357. The van der Waals surface area contributed by atoms with Crippen LogP contribution in [0, 0.1) is 0 Å². The fourth-order valence-corrected chi connectivity index (χ4v) is 2.76. The lowest BCUT2D eigenvalue weighted by molar-refractivity contribution is -0.130. The predicted molar refractivity (Wildman–Crippen MR) is 82.3 cm³/mol. The monoisotopic (exact) mass is 336 g/mol. The molecule has 0 spiro atoms. The zero-order valence-corrected chi connectivity index (χ0v) is 13.0. The van der Waals surface area contributed by atoms with Gasteiger partial charge in [-0.3, -0.25) is 10.2 Å². The van der Waals surface area contributed by atoms with Crippen molar-refractivity contribution in [2.75, 3.05) is 6.61 Å². The van der Waals surface area contributed by atoms with E-state index >= 15 is 0 Å². The van der Waals surface area contributed by atoms with Gasteiger partial charge in [-0.1, -0.05) is 6.07 Å². The Bertz CT molecular complexity index is 664. The lowest BCUT2D eigenvalue weighted by atomic mass is 10.2. The van der Waals surface area contributed by atoms with E-state index in [1.165, 1.54) is 17.6 Å². The van der Waals surface area contributed by atoms with Crippen LogP contribution < -0.4 is 16.2 Å². The van der Waals surface area contributed by atoms with Crippen LogP contribution in [0.3, 0.4) is 0 Å². The number of carbonyl (C=O) groups excluding carboxylic acids is 2. The first-order valence-electron chi connectivity index (χ1n) is 7.16. The van der Waals surface area contributed by atoms with Crippen molar-refractivity contribution in [3.8, 4) is 10.8 Å². The Labute approximate surface area is 136 Å². The van der Waals surface area contributed by atoms with Crippen LogP contribution in [-0.2, 0) is 16.1 Å². The highest BCUT2D eigenvalue weighted by molar-refractivity contribution is 7.13. The second kappa shape index (κ2) is 7.25. The van der Waals surface area contributed by atoms with Gasteiger partial charge in [0.25, 0.3) is 5.91 Å². The summed E-state index contributed by atoms with van der Waals surface area (Å²) in [7, 11) is 0. The first-order chi connectivity index (χ1) is 11.2. The fourth-order valence-electron chi connectivity index (χ4n) is 2.10. The van der Waals surface area contributed by atoms with E-state index in [1.807, 2.05) is 17.5 Å². The lowest BCUT2D eigenvalue weighted by Gasteiger charge is -2.11. The molecule has 3 heterocycles. The van der Waals surface area contributed by atoms with Gasteiger partial charge in [-0.25, -0.2) is 15.2 Å². The molecule has 0 bridgehead atoms. The molecule has 3 rings (SSSR count). The predicted octanol–water partition coefficient (Wildman–Crippen LogP) is 1.41. The number of hydrogen-bond donors (Lipinski definition) is 3. The van der Waals surface area contributed by atoms with Gasteiger partial charge in [0, 0.05) is 6.61 Å². The highest BCUT2D eigenvalue weighted by Gasteiger charge is 2.23. The molecular formula is C14H16N4O4S. The number of hydrogen-bond acceptors (Lipinski definition) is 6. The van der Waals surface area contributed by atoms with Gasteiger partial charge >= 0.3 is 6.03 Å². The van der Waals surface area contributed by atoms with Crippen molar-refractivity contribution in [3.05, 3.63) is 29.5 Å². The second-order valence-corrected chi connectivity index (χ2v) is 5.87. The van der Waals surface area contributed by atoms with Crippen LogP contribution in [0.4, 0.5) is 4.79 Å². The van der Waals surface area contributed by atoms with Crippen LogP contribution in [0.2, 0.25) is 0 Å². The summed E-state index contributed by atoms with van der Waals surface area (Å²) in [5.74, 6) is 0.169. The molecule has 1 fully saturated rings. The summed E-state index contributed by atoms with van der Waals surface area (Å²) in [5, 5.41) is 4.51. The molecule has 23 heavy (non-hydrogen) atoms. The smallest absolute Gasteiger partial charge is 0.333 e. The van der Waals surface area contributed by atoms with Crippen LogP contribution in [0.1, 0.15) is 18.5 Å². The van der Waals surface area contributed by atoms with E-state index in [9.17, 15) is 9.59 Å². The average molecular weight is 336 g/mol. The average Bonchev–Trinajstić information content (AvgIpc) is 3.32. The van der Waals surface area contributed by atoms with Gasteiger partial charge in [-0.05, 0) is 24.3 Å². The molecule has 1 aliphatic heterocycles. The number of urea groups is 1. The van der Waals surface area contributed by atoms with E-state index in [2.05, 4.69) is 21.2 Å². The Kier molecular flexibility index (Phi) is 4.89. The van der Waals surface area contributed by atoms with Gasteiger partial charge in [-0.15, -0.1) is 11.3 Å². The molecule has 3 amide bonds. The van der Waals surface area contributed by atoms with Gasteiger partial charge in [0.15, 0.2) is 0 Å². The zero-order valence-electron chi connectivity index (χ0n) is 12.2. The Morgan fingerprint density at radius 1 is 1.39 bits per heavy atom. The minimum absolute atomic E-state index is 0.191. The van der Waals surface area contributed by atoms with Crippen LogP contribution in [0.15, 0.2) is 28.2 Å². The standard InChI is InChI=1S/C14H16N4O4S/c19-12(10-3-1-5-21-10)17-18-14(20)15-7-9-8-22-13(16-9)11-4-2-6-23-11/h2,4,6,8,10H,1,3,5,7H2,(H,17,19)(H2,15,18,20). The topological polar surface area (TPSA) is 105 Å². The van der Waals surface area contributed by atoms with Crippen LogP contribution in [0.5, 0.6) is 0 Å². The molecule has 8 nitrogen and oxygen atoms in total. The summed E-state index contributed by atoms with van der Waals surface area (Å²) in [4.78, 5) is 28.5. The van der Waals surface area contributed by atoms with Gasteiger partial charge in [0.1, 0.15) is 12.4 Å². The molecule has 1 saturated heterocycles. The number of ether oxygens (including phenoxy) is 1. The number of amides is 3. The molecule has 9 heteroatoms. The summed E-state index contributed by atoms with van der Waals surface area (Å²) >= 11 is 1.52. The third-order valence-electron chi connectivity index (χ3n) is 3.24. The summed E-state index contributed by atoms with van der Waals surface area (Å²) in [6, 6.07) is 3.28. The molecule has 122 valence electrons. The van der Waals surface area contributed by atoms with E-state index in [1.54, 1.807) is 0 Å². The Balaban J connectivity index is 1.41. The van der Waals surface area contributed by atoms with Crippen molar-refractivity contribution in [3.63, 3.8) is 0 Å².